The van der Waals surface area contributed by atoms with Gasteiger partial charge in [0, 0.05) is 18.2 Å². The zero-order valence-corrected chi connectivity index (χ0v) is 19.1. The smallest absolute Gasteiger partial charge is 0.252 e. The van der Waals surface area contributed by atoms with E-state index in [-0.39, 0.29) is 23.6 Å². The third-order valence-corrected chi connectivity index (χ3v) is 6.45. The minimum atomic E-state index is -0.343. The fourth-order valence-electron chi connectivity index (χ4n) is 3.84. The average Bonchev–Trinajstić information content (AvgIpc) is 3.16. The number of nitrogens with one attached hydrogen (secondary N) is 2. The monoisotopic (exact) mass is 441 g/mol. The third-order valence-electron chi connectivity index (χ3n) is 5.48. The molecular weight excluding hydrogens is 410 g/mol. The van der Waals surface area contributed by atoms with Crippen LogP contribution in [0.1, 0.15) is 66.8 Å². The van der Waals surface area contributed by atoms with Crippen LogP contribution in [0.25, 0.3) is 0 Å². The second-order valence-electron chi connectivity index (χ2n) is 7.94. The van der Waals surface area contributed by atoms with Crippen molar-refractivity contribution < 1.29 is 9.59 Å². The second kappa shape index (κ2) is 11.1. The number of benzene rings is 1. The minimum Gasteiger partial charge on any atom is -0.353 e. The summed E-state index contributed by atoms with van der Waals surface area (Å²) in [5.41, 5.74) is 1.55. The molecule has 0 unspecified atom stereocenters. The number of rotatable bonds is 9. The van der Waals surface area contributed by atoms with Crippen molar-refractivity contribution in [2.24, 2.45) is 0 Å². The van der Waals surface area contributed by atoms with Crippen LogP contribution in [0.3, 0.4) is 0 Å². The van der Waals surface area contributed by atoms with Gasteiger partial charge in [-0.15, -0.1) is 16.8 Å². The first-order valence-corrected chi connectivity index (χ1v) is 11.8. The Hall–Kier alpha value is -2.61. The van der Waals surface area contributed by atoms with Crippen molar-refractivity contribution in [2.45, 2.75) is 69.7 Å². The number of aryl methyl sites for hydroxylation is 1. The molecule has 0 bridgehead atoms. The van der Waals surface area contributed by atoms with Gasteiger partial charge in [0.1, 0.15) is 0 Å². The molecule has 166 valence electrons. The number of carbonyl (C=O) groups is 2. The van der Waals surface area contributed by atoms with Crippen molar-refractivity contribution in [3.63, 3.8) is 0 Å². The van der Waals surface area contributed by atoms with Crippen LogP contribution in [0.2, 0.25) is 0 Å². The number of aromatic nitrogens is 3. The maximum absolute atomic E-state index is 12.7. The Balaban J connectivity index is 1.63. The number of thioether (sulfide) groups is 1. The average molecular weight is 442 g/mol. The Bertz CT molecular complexity index is 920. The molecule has 8 heteroatoms. The lowest BCUT2D eigenvalue weighted by atomic mass is 9.95. The van der Waals surface area contributed by atoms with Crippen LogP contribution in [0.15, 0.2) is 42.1 Å². The predicted octanol–water partition coefficient (Wildman–Crippen LogP) is 3.80. The van der Waals surface area contributed by atoms with Gasteiger partial charge in [0.05, 0.1) is 11.8 Å². The van der Waals surface area contributed by atoms with Gasteiger partial charge >= 0.3 is 0 Å². The quantitative estimate of drug-likeness (QED) is 0.456. The van der Waals surface area contributed by atoms with Crippen molar-refractivity contribution in [3.8, 4) is 0 Å². The van der Waals surface area contributed by atoms with E-state index < -0.39 is 0 Å². The van der Waals surface area contributed by atoms with E-state index in [0.29, 0.717) is 29.1 Å². The summed E-state index contributed by atoms with van der Waals surface area (Å²) in [6.45, 7) is 8.11. The van der Waals surface area contributed by atoms with Crippen LogP contribution >= 0.6 is 11.8 Å². The standard InChI is InChI=1S/C23H31N5O2S/c1-4-14-28-21(17(3)24-22(30)19-13-9-8-10-16(19)2)26-27-23(28)31-15-20(29)25-18-11-6-5-7-12-18/h4,8-10,13,17-18H,1,5-7,11-12,14-15H2,2-3H3,(H,24,30)(H,25,29)/t17-/m1/s1. The summed E-state index contributed by atoms with van der Waals surface area (Å²) in [7, 11) is 0. The first kappa shape index (κ1) is 23.1. The van der Waals surface area contributed by atoms with Crippen LogP contribution in [0, 0.1) is 6.92 Å². The van der Waals surface area contributed by atoms with Crippen LogP contribution in [0.4, 0.5) is 0 Å². The van der Waals surface area contributed by atoms with Gasteiger partial charge in [0.2, 0.25) is 5.91 Å². The normalized spacial score (nSPS) is 15.3. The van der Waals surface area contributed by atoms with Gasteiger partial charge in [-0.25, -0.2) is 0 Å². The molecule has 2 N–H and O–H groups in total. The van der Waals surface area contributed by atoms with Gasteiger partial charge in [-0.2, -0.15) is 0 Å². The molecule has 1 aliphatic rings. The molecule has 1 aliphatic carbocycles. The van der Waals surface area contributed by atoms with Crippen molar-refractivity contribution in [3.05, 3.63) is 53.9 Å². The molecule has 1 aromatic heterocycles. The molecule has 2 aromatic rings. The first-order valence-electron chi connectivity index (χ1n) is 10.8. The predicted molar refractivity (Wildman–Crippen MR) is 123 cm³/mol. The molecule has 1 saturated carbocycles. The summed E-state index contributed by atoms with van der Waals surface area (Å²) in [4.78, 5) is 25.0. The maximum Gasteiger partial charge on any atom is 0.252 e. The van der Waals surface area contributed by atoms with Crippen molar-refractivity contribution >= 4 is 23.6 Å². The third kappa shape index (κ3) is 6.19. The number of nitrogens with zero attached hydrogens (tertiary/aromatic N) is 3. The maximum atomic E-state index is 12.7. The van der Waals surface area contributed by atoms with Gasteiger partial charge in [-0.05, 0) is 38.3 Å². The van der Waals surface area contributed by atoms with E-state index in [1.54, 1.807) is 12.1 Å². The summed E-state index contributed by atoms with van der Waals surface area (Å²) < 4.78 is 1.90. The van der Waals surface area contributed by atoms with E-state index in [1.165, 1.54) is 31.0 Å². The Morgan fingerprint density at radius 2 is 2.00 bits per heavy atom. The summed E-state index contributed by atoms with van der Waals surface area (Å²) in [6, 6.07) is 7.42. The number of hydrogen-bond acceptors (Lipinski definition) is 5. The molecule has 0 radical (unpaired) electrons. The van der Waals surface area contributed by atoms with Gasteiger partial charge in [-0.1, -0.05) is 55.3 Å². The topological polar surface area (TPSA) is 88.9 Å². The van der Waals surface area contributed by atoms with Gasteiger partial charge < -0.3 is 15.2 Å². The van der Waals surface area contributed by atoms with E-state index in [0.717, 1.165) is 18.4 Å². The second-order valence-corrected chi connectivity index (χ2v) is 8.88. The van der Waals surface area contributed by atoms with Crippen molar-refractivity contribution in [2.75, 3.05) is 5.75 Å². The number of hydrogen-bond donors (Lipinski definition) is 2. The van der Waals surface area contributed by atoms with E-state index in [1.807, 2.05) is 36.6 Å². The van der Waals surface area contributed by atoms with Gasteiger partial charge in [0.25, 0.3) is 5.91 Å². The number of allylic oxidation sites excluding steroid dienone is 1. The number of amides is 2. The Labute approximate surface area is 188 Å². The lowest BCUT2D eigenvalue weighted by Crippen LogP contribution is -2.37. The zero-order valence-electron chi connectivity index (χ0n) is 18.3. The molecule has 3 rings (SSSR count). The summed E-state index contributed by atoms with van der Waals surface area (Å²) in [6.07, 6.45) is 7.50. The fraction of sp³-hybridized carbons (Fsp3) is 0.478. The number of carbonyl (C=O) groups excluding carboxylic acids is 2. The Morgan fingerprint density at radius 1 is 1.26 bits per heavy atom. The Kier molecular flexibility index (Phi) is 8.28. The highest BCUT2D eigenvalue weighted by atomic mass is 32.2. The molecule has 0 spiro atoms. The Morgan fingerprint density at radius 3 is 2.71 bits per heavy atom. The van der Waals surface area contributed by atoms with E-state index in [9.17, 15) is 9.59 Å². The molecule has 0 aliphatic heterocycles. The molecule has 1 fully saturated rings. The molecule has 1 aromatic carbocycles. The van der Waals surface area contributed by atoms with Crippen molar-refractivity contribution in [1.82, 2.24) is 25.4 Å². The highest BCUT2D eigenvalue weighted by Gasteiger charge is 2.22. The SMILES string of the molecule is C=CCn1c(SCC(=O)NC2CCCCC2)nnc1[C@@H](C)NC(=O)c1ccccc1C. The molecule has 2 amide bonds. The van der Waals surface area contributed by atoms with Crippen LogP contribution in [-0.4, -0.2) is 38.4 Å². The molecule has 31 heavy (non-hydrogen) atoms. The highest BCUT2D eigenvalue weighted by molar-refractivity contribution is 7.99. The summed E-state index contributed by atoms with van der Waals surface area (Å²) in [5.74, 6) is 0.791. The molecular formula is C23H31N5O2S. The van der Waals surface area contributed by atoms with Crippen LogP contribution < -0.4 is 10.6 Å². The van der Waals surface area contributed by atoms with Crippen LogP contribution in [0.5, 0.6) is 0 Å². The largest absolute Gasteiger partial charge is 0.353 e. The lowest BCUT2D eigenvalue weighted by molar-refractivity contribution is -0.119. The minimum absolute atomic E-state index is 0.0208. The molecule has 1 heterocycles. The van der Waals surface area contributed by atoms with E-state index in [4.69, 9.17) is 0 Å². The summed E-state index contributed by atoms with van der Waals surface area (Å²) in [5, 5.41) is 15.3. The molecule has 7 nitrogen and oxygen atoms in total. The van der Waals surface area contributed by atoms with Crippen LogP contribution in [-0.2, 0) is 11.3 Å². The van der Waals surface area contributed by atoms with E-state index in [2.05, 4.69) is 27.4 Å². The summed E-state index contributed by atoms with van der Waals surface area (Å²) >= 11 is 1.36. The fourth-order valence-corrected chi connectivity index (χ4v) is 4.61. The van der Waals surface area contributed by atoms with Crippen molar-refractivity contribution in [1.29, 1.82) is 0 Å². The van der Waals surface area contributed by atoms with E-state index >= 15 is 0 Å². The van der Waals surface area contributed by atoms with Gasteiger partial charge in [-0.3, -0.25) is 9.59 Å². The van der Waals surface area contributed by atoms with Gasteiger partial charge in [0.15, 0.2) is 11.0 Å². The first-order chi connectivity index (χ1) is 15.0. The zero-order chi connectivity index (χ0) is 22.2. The lowest BCUT2D eigenvalue weighted by Gasteiger charge is -2.22. The highest BCUT2D eigenvalue weighted by Crippen LogP contribution is 2.22. The molecule has 1 atom stereocenters. The molecule has 0 saturated heterocycles.